The monoisotopic (exact) mass is 579 g/mol. The molecule has 5 amide bonds. The molecule has 3 rings (SSSR count). The van der Waals surface area contributed by atoms with Crippen LogP contribution in [0.1, 0.15) is 24.0 Å². The number of amides is 5. The molecule has 0 bridgehead atoms. The molecule has 0 saturated heterocycles. The number of carbonyl (C=O) groups is 6. The lowest BCUT2D eigenvalue weighted by atomic mass is 10.0. The van der Waals surface area contributed by atoms with Gasteiger partial charge < -0.3 is 43.2 Å². The SMILES string of the molecule is NC(=O)CC(NC(=O)C(Cc1c[nH]c2ccccc12)NC(=O)C(CC(N)=O)NC(=O)C(N)Cc1ccccc1)C(=O)O. The van der Waals surface area contributed by atoms with E-state index in [9.17, 15) is 33.9 Å². The Labute approximate surface area is 240 Å². The maximum atomic E-state index is 13.3. The highest BCUT2D eigenvalue weighted by atomic mass is 16.4. The summed E-state index contributed by atoms with van der Waals surface area (Å²) >= 11 is 0. The second kappa shape index (κ2) is 14.4. The molecule has 4 unspecified atom stereocenters. The number of para-hydroxylation sites is 1. The largest absolute Gasteiger partial charge is 0.480 e. The first kappa shape index (κ1) is 31.3. The van der Waals surface area contributed by atoms with E-state index in [1.165, 1.54) is 0 Å². The van der Waals surface area contributed by atoms with E-state index < -0.39 is 72.5 Å². The molecular weight excluding hydrogens is 546 g/mol. The highest BCUT2D eigenvalue weighted by molar-refractivity contribution is 5.97. The first-order valence-corrected chi connectivity index (χ1v) is 13.0. The van der Waals surface area contributed by atoms with Crippen LogP contribution in [0.5, 0.6) is 0 Å². The summed E-state index contributed by atoms with van der Waals surface area (Å²) in [7, 11) is 0. The predicted molar refractivity (Wildman–Crippen MR) is 151 cm³/mol. The zero-order chi connectivity index (χ0) is 30.8. The number of aromatic nitrogens is 1. The van der Waals surface area contributed by atoms with Gasteiger partial charge in [0, 0.05) is 23.5 Å². The first-order valence-electron chi connectivity index (χ1n) is 13.0. The van der Waals surface area contributed by atoms with Crippen molar-refractivity contribution < 1.29 is 33.9 Å². The third-order valence-electron chi connectivity index (χ3n) is 6.43. The van der Waals surface area contributed by atoms with Gasteiger partial charge in [-0.25, -0.2) is 4.79 Å². The van der Waals surface area contributed by atoms with E-state index in [0.29, 0.717) is 5.56 Å². The summed E-state index contributed by atoms with van der Waals surface area (Å²) < 4.78 is 0. The van der Waals surface area contributed by atoms with Gasteiger partial charge in [0.1, 0.15) is 18.1 Å². The Kier molecular flexibility index (Phi) is 10.7. The van der Waals surface area contributed by atoms with Gasteiger partial charge in [-0.1, -0.05) is 48.5 Å². The molecule has 0 aliphatic heterocycles. The lowest BCUT2D eigenvalue weighted by Gasteiger charge is -2.24. The molecule has 3 aromatic rings. The highest BCUT2D eigenvalue weighted by Crippen LogP contribution is 2.19. The van der Waals surface area contributed by atoms with Gasteiger partial charge >= 0.3 is 5.97 Å². The van der Waals surface area contributed by atoms with E-state index in [-0.39, 0.29) is 12.8 Å². The van der Waals surface area contributed by atoms with Crippen molar-refractivity contribution in [2.75, 3.05) is 0 Å². The molecule has 0 aliphatic rings. The molecule has 14 nitrogen and oxygen atoms in total. The summed E-state index contributed by atoms with van der Waals surface area (Å²) in [6.45, 7) is 0. The Balaban J connectivity index is 1.83. The number of carboxylic acids is 1. The molecule has 1 heterocycles. The number of fused-ring (bicyclic) bond motifs is 1. The molecule has 14 heteroatoms. The fourth-order valence-electron chi connectivity index (χ4n) is 4.33. The van der Waals surface area contributed by atoms with Crippen LogP contribution in [0.2, 0.25) is 0 Å². The summed E-state index contributed by atoms with van der Waals surface area (Å²) in [5, 5.41) is 17.3. The molecule has 0 saturated carbocycles. The average Bonchev–Trinajstić information content (AvgIpc) is 3.34. The lowest BCUT2D eigenvalue weighted by Crippen LogP contribution is -2.58. The highest BCUT2D eigenvalue weighted by Gasteiger charge is 2.32. The van der Waals surface area contributed by atoms with E-state index in [2.05, 4.69) is 20.9 Å². The van der Waals surface area contributed by atoms with E-state index in [1.807, 2.05) is 0 Å². The second-order valence-electron chi connectivity index (χ2n) is 9.72. The summed E-state index contributed by atoms with van der Waals surface area (Å²) in [4.78, 5) is 77.2. The third-order valence-corrected chi connectivity index (χ3v) is 6.43. The number of nitrogens with one attached hydrogen (secondary N) is 4. The topological polar surface area (TPSA) is 253 Å². The lowest BCUT2D eigenvalue weighted by molar-refractivity contribution is -0.143. The van der Waals surface area contributed by atoms with Crippen molar-refractivity contribution in [1.29, 1.82) is 0 Å². The normalized spacial score (nSPS) is 13.7. The fraction of sp³-hybridized carbons (Fsp3) is 0.286. The molecule has 11 N–H and O–H groups in total. The smallest absolute Gasteiger partial charge is 0.326 e. The van der Waals surface area contributed by atoms with Gasteiger partial charge in [0.05, 0.1) is 18.9 Å². The number of H-pyrrole nitrogens is 1. The van der Waals surface area contributed by atoms with Crippen molar-refractivity contribution in [2.45, 2.75) is 49.9 Å². The number of rotatable bonds is 15. The molecule has 0 radical (unpaired) electrons. The first-order chi connectivity index (χ1) is 19.9. The molecule has 222 valence electrons. The van der Waals surface area contributed by atoms with Gasteiger partial charge in [0.15, 0.2) is 0 Å². The zero-order valence-electron chi connectivity index (χ0n) is 22.5. The molecule has 0 aliphatic carbocycles. The fourth-order valence-corrected chi connectivity index (χ4v) is 4.33. The Bertz CT molecular complexity index is 1460. The van der Waals surface area contributed by atoms with Gasteiger partial charge in [-0.05, 0) is 23.6 Å². The van der Waals surface area contributed by atoms with Crippen LogP contribution in [0.4, 0.5) is 0 Å². The van der Waals surface area contributed by atoms with E-state index in [1.54, 1.807) is 60.8 Å². The number of hydrogen-bond donors (Lipinski definition) is 8. The predicted octanol–water partition coefficient (Wildman–Crippen LogP) is -1.43. The van der Waals surface area contributed by atoms with E-state index in [0.717, 1.165) is 16.5 Å². The van der Waals surface area contributed by atoms with Crippen LogP contribution in [-0.4, -0.2) is 69.8 Å². The standard InChI is InChI=1S/C28H33N7O7/c29-18(10-15-6-2-1-3-7-15)25(38)33-21(12-23(30)36)27(40)34-20(26(39)35-22(28(41)42)13-24(31)37)11-16-14-32-19-9-5-4-8-17(16)19/h1-9,14,18,20-22,32H,10-13,29H2,(H2,30,36)(H2,31,37)(H,33,38)(H,34,40)(H,35,39)(H,41,42). The summed E-state index contributed by atoms with van der Waals surface area (Å²) in [5.41, 5.74) is 18.6. The van der Waals surface area contributed by atoms with Crippen LogP contribution in [0.3, 0.4) is 0 Å². The van der Waals surface area contributed by atoms with Crippen LogP contribution < -0.4 is 33.2 Å². The molecular formula is C28H33N7O7. The summed E-state index contributed by atoms with van der Waals surface area (Å²) in [5.74, 6) is -5.98. The van der Waals surface area contributed by atoms with E-state index >= 15 is 0 Å². The van der Waals surface area contributed by atoms with Crippen molar-refractivity contribution in [3.8, 4) is 0 Å². The molecule has 1 aromatic heterocycles. The average molecular weight is 580 g/mol. The van der Waals surface area contributed by atoms with Gasteiger partial charge in [0.2, 0.25) is 29.5 Å². The van der Waals surface area contributed by atoms with Crippen LogP contribution in [-0.2, 0) is 41.6 Å². The summed E-state index contributed by atoms with van der Waals surface area (Å²) in [6, 6.07) is 10.5. The quantitative estimate of drug-likeness (QED) is 0.106. The number of benzene rings is 2. The minimum Gasteiger partial charge on any atom is -0.480 e. The number of nitrogens with two attached hydrogens (primary N) is 3. The van der Waals surface area contributed by atoms with Crippen molar-refractivity contribution in [3.63, 3.8) is 0 Å². The minimum atomic E-state index is -1.66. The number of carboxylic acid groups (broad SMARTS) is 1. The maximum Gasteiger partial charge on any atom is 0.326 e. The molecule has 4 atom stereocenters. The minimum absolute atomic E-state index is 0.116. The Morgan fingerprint density at radius 3 is 1.90 bits per heavy atom. The number of aromatic amines is 1. The van der Waals surface area contributed by atoms with Gasteiger partial charge in [-0.2, -0.15) is 0 Å². The van der Waals surface area contributed by atoms with Gasteiger partial charge in [-0.15, -0.1) is 0 Å². The van der Waals surface area contributed by atoms with E-state index in [4.69, 9.17) is 17.2 Å². The van der Waals surface area contributed by atoms with Gasteiger partial charge in [0.25, 0.3) is 0 Å². The third kappa shape index (κ3) is 8.89. The van der Waals surface area contributed by atoms with Crippen LogP contribution >= 0.6 is 0 Å². The number of primary amides is 2. The van der Waals surface area contributed by atoms with Crippen LogP contribution in [0, 0.1) is 0 Å². The molecule has 2 aromatic carbocycles. The zero-order valence-corrected chi connectivity index (χ0v) is 22.5. The van der Waals surface area contributed by atoms with Crippen LogP contribution in [0.15, 0.2) is 60.8 Å². The maximum absolute atomic E-state index is 13.3. The molecule has 0 fully saturated rings. The van der Waals surface area contributed by atoms with Crippen LogP contribution in [0.25, 0.3) is 10.9 Å². The van der Waals surface area contributed by atoms with Crippen molar-refractivity contribution in [2.24, 2.45) is 17.2 Å². The Morgan fingerprint density at radius 1 is 0.714 bits per heavy atom. The second-order valence-corrected chi connectivity index (χ2v) is 9.72. The molecule has 42 heavy (non-hydrogen) atoms. The van der Waals surface area contributed by atoms with Gasteiger partial charge in [-0.3, -0.25) is 24.0 Å². The molecule has 0 spiro atoms. The number of hydrogen-bond acceptors (Lipinski definition) is 7. The number of carbonyl (C=O) groups excluding carboxylic acids is 5. The summed E-state index contributed by atoms with van der Waals surface area (Å²) in [6.07, 6.45) is 0.375. The Hall–Kier alpha value is -5.24. The van der Waals surface area contributed by atoms with Crippen molar-refractivity contribution in [1.82, 2.24) is 20.9 Å². The Morgan fingerprint density at radius 2 is 1.26 bits per heavy atom. The number of aliphatic carboxylic acids is 1. The van der Waals surface area contributed by atoms with Crippen molar-refractivity contribution in [3.05, 3.63) is 71.9 Å². The van der Waals surface area contributed by atoms with Crippen molar-refractivity contribution >= 4 is 46.4 Å².